The lowest BCUT2D eigenvalue weighted by Gasteiger charge is -2.13. The van der Waals surface area contributed by atoms with Crippen LogP contribution in [0.3, 0.4) is 0 Å². The molecule has 26 heavy (non-hydrogen) atoms. The highest BCUT2D eigenvalue weighted by molar-refractivity contribution is 5.92. The van der Waals surface area contributed by atoms with Crippen molar-refractivity contribution in [3.8, 4) is 0 Å². The van der Waals surface area contributed by atoms with E-state index < -0.39 is 0 Å². The summed E-state index contributed by atoms with van der Waals surface area (Å²) in [5, 5.41) is 6.24. The summed E-state index contributed by atoms with van der Waals surface area (Å²) in [6, 6.07) is 11.8. The van der Waals surface area contributed by atoms with Gasteiger partial charge in [0.25, 0.3) is 5.91 Å². The minimum atomic E-state index is -0.144. The predicted molar refractivity (Wildman–Crippen MR) is 104 cm³/mol. The van der Waals surface area contributed by atoms with Crippen molar-refractivity contribution >= 4 is 11.7 Å². The summed E-state index contributed by atoms with van der Waals surface area (Å²) in [4.78, 5) is 21.1. The molecule has 136 valence electrons. The van der Waals surface area contributed by atoms with Gasteiger partial charge in [-0.3, -0.25) is 4.79 Å². The fraction of sp³-hybridized carbons (Fsp3) is 0.381. The summed E-state index contributed by atoms with van der Waals surface area (Å²) < 4.78 is 0. The molecule has 1 amide bonds. The molecule has 0 radical (unpaired) electrons. The Morgan fingerprint density at radius 2 is 2.00 bits per heavy atom. The molecule has 0 aliphatic heterocycles. The number of carbonyl (C=O) groups excluding carboxylic acids is 1. The molecule has 1 aromatic carbocycles. The Labute approximate surface area is 155 Å². The second-order valence-corrected chi connectivity index (χ2v) is 6.64. The Kier molecular flexibility index (Phi) is 6.36. The van der Waals surface area contributed by atoms with E-state index >= 15 is 0 Å². The molecule has 5 nitrogen and oxygen atoms in total. The number of allylic oxidation sites excluding steroid dienone is 1. The number of aryl methyl sites for hydroxylation is 1. The third-order valence-electron chi connectivity index (χ3n) is 4.50. The minimum Gasteiger partial charge on any atom is -0.366 e. The van der Waals surface area contributed by atoms with E-state index in [0.717, 1.165) is 18.4 Å². The number of nitrogens with one attached hydrogen (secondary N) is 2. The average Bonchev–Trinajstić information content (AvgIpc) is 2.67. The summed E-state index contributed by atoms with van der Waals surface area (Å²) in [6.07, 6.45) is 8.13. The number of amides is 1. The maximum Gasteiger partial charge on any atom is 0.270 e. The van der Waals surface area contributed by atoms with Gasteiger partial charge in [-0.05, 0) is 44.6 Å². The molecule has 2 N–H and O–H groups in total. The van der Waals surface area contributed by atoms with Crippen molar-refractivity contribution in [2.75, 3.05) is 11.9 Å². The van der Waals surface area contributed by atoms with Crippen molar-refractivity contribution in [1.82, 2.24) is 15.3 Å². The molecular formula is C21H26N4O. The number of hydrogen-bond acceptors (Lipinski definition) is 4. The third kappa shape index (κ3) is 5.41. The fourth-order valence-corrected chi connectivity index (χ4v) is 3.12. The highest BCUT2D eigenvalue weighted by Gasteiger charge is 2.11. The van der Waals surface area contributed by atoms with E-state index in [0.29, 0.717) is 30.4 Å². The molecule has 1 aliphatic carbocycles. The number of nitrogens with zero attached hydrogens (tertiary/aromatic N) is 2. The monoisotopic (exact) mass is 350 g/mol. The quantitative estimate of drug-likeness (QED) is 0.740. The number of aromatic nitrogens is 2. The molecule has 5 heteroatoms. The van der Waals surface area contributed by atoms with Gasteiger partial charge in [0.1, 0.15) is 17.3 Å². The van der Waals surface area contributed by atoms with Crippen LogP contribution in [0.1, 0.15) is 54.0 Å². The highest BCUT2D eigenvalue weighted by Crippen LogP contribution is 2.19. The summed E-state index contributed by atoms with van der Waals surface area (Å²) in [5.41, 5.74) is 3.03. The molecule has 0 bridgehead atoms. The van der Waals surface area contributed by atoms with Crippen LogP contribution < -0.4 is 10.6 Å². The van der Waals surface area contributed by atoms with E-state index in [1.54, 1.807) is 13.0 Å². The van der Waals surface area contributed by atoms with Crippen LogP contribution in [0.25, 0.3) is 0 Å². The number of carbonyl (C=O) groups is 1. The Bertz CT molecular complexity index is 771. The maximum absolute atomic E-state index is 12.4. The molecule has 1 aromatic heterocycles. The lowest BCUT2D eigenvalue weighted by molar-refractivity contribution is 0.0948. The smallest absolute Gasteiger partial charge is 0.270 e. The lowest BCUT2D eigenvalue weighted by Crippen LogP contribution is -2.26. The van der Waals surface area contributed by atoms with Gasteiger partial charge in [-0.15, -0.1) is 0 Å². The topological polar surface area (TPSA) is 66.9 Å². The van der Waals surface area contributed by atoms with Crippen LogP contribution in [0, 0.1) is 6.92 Å². The zero-order chi connectivity index (χ0) is 18.2. The Hall–Kier alpha value is -2.69. The molecule has 0 saturated heterocycles. The van der Waals surface area contributed by atoms with E-state index in [2.05, 4.69) is 38.8 Å². The van der Waals surface area contributed by atoms with Crippen LogP contribution in [0.15, 0.2) is 48.0 Å². The Morgan fingerprint density at radius 3 is 2.77 bits per heavy atom. The van der Waals surface area contributed by atoms with E-state index in [-0.39, 0.29) is 5.91 Å². The lowest BCUT2D eigenvalue weighted by atomic mass is 9.97. The number of anilines is 1. The van der Waals surface area contributed by atoms with Crippen molar-refractivity contribution in [3.63, 3.8) is 0 Å². The average molecular weight is 350 g/mol. The number of benzene rings is 1. The summed E-state index contributed by atoms with van der Waals surface area (Å²) >= 11 is 0. The van der Waals surface area contributed by atoms with Gasteiger partial charge >= 0.3 is 0 Å². The predicted octanol–water partition coefficient (Wildman–Crippen LogP) is 4.02. The molecule has 0 unspecified atom stereocenters. The first-order chi connectivity index (χ1) is 12.7. The fourth-order valence-electron chi connectivity index (χ4n) is 3.12. The molecule has 1 aliphatic rings. The summed E-state index contributed by atoms with van der Waals surface area (Å²) in [5.74, 6) is 1.11. The van der Waals surface area contributed by atoms with Crippen molar-refractivity contribution in [2.45, 2.75) is 45.6 Å². The van der Waals surface area contributed by atoms with E-state index in [9.17, 15) is 4.79 Å². The summed E-state index contributed by atoms with van der Waals surface area (Å²) in [6.45, 7) is 3.12. The van der Waals surface area contributed by atoms with Crippen molar-refractivity contribution in [3.05, 3.63) is 65.1 Å². The van der Waals surface area contributed by atoms with Gasteiger partial charge in [0.15, 0.2) is 0 Å². The largest absolute Gasteiger partial charge is 0.366 e. The van der Waals surface area contributed by atoms with Gasteiger partial charge < -0.3 is 10.6 Å². The van der Waals surface area contributed by atoms with Gasteiger partial charge in [0.05, 0.1) is 0 Å². The molecule has 2 aromatic rings. The normalized spacial score (nSPS) is 13.8. The standard InChI is InChI=1S/C21H26N4O/c1-16-24-19(21(26)22-13-12-17-8-4-2-5-9-17)14-20(25-16)23-15-18-10-6-3-7-11-18/h3,6-8,10-11,14H,2,4-5,9,12-13,15H2,1H3,(H,22,26)(H,23,24,25). The Morgan fingerprint density at radius 1 is 1.15 bits per heavy atom. The van der Waals surface area contributed by atoms with Gasteiger partial charge in [0, 0.05) is 19.2 Å². The molecule has 0 atom stereocenters. The minimum absolute atomic E-state index is 0.144. The molecular weight excluding hydrogens is 324 g/mol. The van der Waals surface area contributed by atoms with E-state index in [4.69, 9.17) is 0 Å². The van der Waals surface area contributed by atoms with Crippen LogP contribution in [0.5, 0.6) is 0 Å². The SMILES string of the molecule is Cc1nc(NCc2ccccc2)cc(C(=O)NCCC2=CCCCC2)n1. The van der Waals surface area contributed by atoms with Crippen molar-refractivity contribution in [2.24, 2.45) is 0 Å². The number of rotatable bonds is 7. The molecule has 0 saturated carbocycles. The summed E-state index contributed by atoms with van der Waals surface area (Å²) in [7, 11) is 0. The van der Waals surface area contributed by atoms with Gasteiger partial charge in [-0.25, -0.2) is 9.97 Å². The molecule has 0 spiro atoms. The van der Waals surface area contributed by atoms with E-state index in [1.807, 2.05) is 18.2 Å². The number of hydrogen-bond donors (Lipinski definition) is 2. The molecule has 0 fully saturated rings. The molecule has 3 rings (SSSR count). The van der Waals surface area contributed by atoms with Crippen LogP contribution >= 0.6 is 0 Å². The van der Waals surface area contributed by atoms with Crippen molar-refractivity contribution < 1.29 is 4.79 Å². The second kappa shape index (κ2) is 9.13. The first kappa shape index (κ1) is 18.1. The van der Waals surface area contributed by atoms with Crippen LogP contribution in [0.4, 0.5) is 5.82 Å². The van der Waals surface area contributed by atoms with E-state index in [1.165, 1.54) is 24.8 Å². The van der Waals surface area contributed by atoms with Crippen LogP contribution in [0.2, 0.25) is 0 Å². The first-order valence-corrected chi connectivity index (χ1v) is 9.30. The van der Waals surface area contributed by atoms with Gasteiger partial charge in [0.2, 0.25) is 0 Å². The van der Waals surface area contributed by atoms with Gasteiger partial charge in [-0.1, -0.05) is 42.0 Å². The van der Waals surface area contributed by atoms with Crippen LogP contribution in [-0.2, 0) is 6.54 Å². The highest BCUT2D eigenvalue weighted by atomic mass is 16.1. The first-order valence-electron chi connectivity index (χ1n) is 9.30. The Balaban J connectivity index is 1.55. The maximum atomic E-state index is 12.4. The molecule has 1 heterocycles. The van der Waals surface area contributed by atoms with Gasteiger partial charge in [-0.2, -0.15) is 0 Å². The second-order valence-electron chi connectivity index (χ2n) is 6.64. The van der Waals surface area contributed by atoms with Crippen LogP contribution in [-0.4, -0.2) is 22.4 Å². The van der Waals surface area contributed by atoms with Crippen molar-refractivity contribution in [1.29, 1.82) is 0 Å². The third-order valence-corrected chi connectivity index (χ3v) is 4.50. The zero-order valence-corrected chi connectivity index (χ0v) is 15.3. The zero-order valence-electron chi connectivity index (χ0n) is 15.3.